The van der Waals surface area contributed by atoms with Crippen molar-refractivity contribution in [1.29, 1.82) is 0 Å². The number of aliphatic hydroxyl groups is 1. The minimum atomic E-state index is -0.0412. The highest BCUT2D eigenvalue weighted by Gasteiger charge is 2.35. The van der Waals surface area contributed by atoms with Crippen LogP contribution in [0.4, 0.5) is 0 Å². The van der Waals surface area contributed by atoms with Crippen molar-refractivity contribution < 1.29 is 5.11 Å². The molecule has 2 saturated carbocycles. The van der Waals surface area contributed by atoms with Crippen LogP contribution in [0, 0.1) is 6.92 Å². The van der Waals surface area contributed by atoms with Gasteiger partial charge in [-0.1, -0.05) is 29.8 Å². The maximum absolute atomic E-state index is 9.24. The molecule has 2 heteroatoms. The highest BCUT2D eigenvalue weighted by Crippen LogP contribution is 2.38. The van der Waals surface area contributed by atoms with E-state index in [4.69, 9.17) is 0 Å². The molecule has 0 amide bonds. The number of nitrogens with one attached hydrogen (secondary N) is 1. The second-order valence-electron chi connectivity index (χ2n) is 5.76. The number of aliphatic hydroxyl groups excluding tert-OH is 1. The molecule has 0 aromatic heterocycles. The normalized spacial score (nSPS) is 36.1. The van der Waals surface area contributed by atoms with Crippen LogP contribution in [0.25, 0.3) is 0 Å². The molecule has 2 aliphatic rings. The van der Waals surface area contributed by atoms with E-state index in [0.717, 1.165) is 18.8 Å². The second-order valence-corrected chi connectivity index (χ2v) is 5.76. The van der Waals surface area contributed by atoms with Gasteiger partial charge in [0.25, 0.3) is 0 Å². The summed E-state index contributed by atoms with van der Waals surface area (Å²) in [4.78, 5) is 0. The monoisotopic (exact) mass is 231 g/mol. The van der Waals surface area contributed by atoms with Crippen molar-refractivity contribution in [1.82, 2.24) is 5.32 Å². The number of aryl methyl sites for hydroxylation is 1. The lowest BCUT2D eigenvalue weighted by atomic mass is 9.74. The predicted octanol–water partition coefficient (Wildman–Crippen LogP) is 2.35. The van der Waals surface area contributed by atoms with Crippen molar-refractivity contribution in [3.8, 4) is 0 Å². The Morgan fingerprint density at radius 3 is 2.18 bits per heavy atom. The molecular weight excluding hydrogens is 210 g/mol. The summed E-state index contributed by atoms with van der Waals surface area (Å²) in [5, 5.41) is 12.9. The zero-order chi connectivity index (χ0) is 11.8. The summed E-state index contributed by atoms with van der Waals surface area (Å²) in [6.07, 6.45) is 4.38. The fourth-order valence-electron chi connectivity index (χ4n) is 2.92. The van der Waals surface area contributed by atoms with E-state index in [2.05, 4.69) is 36.5 Å². The summed E-state index contributed by atoms with van der Waals surface area (Å²) < 4.78 is 0. The standard InChI is InChI=1S/C15H21NO/c1-10-2-4-11(5-3-10)12-6-13(7-12)16-14-8-15(17)9-14/h2-5,12-17H,6-9H2,1H3. The van der Waals surface area contributed by atoms with Gasteiger partial charge in [-0.3, -0.25) is 0 Å². The molecule has 0 saturated heterocycles. The SMILES string of the molecule is Cc1ccc(C2CC(NC3CC(O)C3)C2)cc1. The number of benzene rings is 1. The summed E-state index contributed by atoms with van der Waals surface area (Å²) in [5.41, 5.74) is 2.83. The van der Waals surface area contributed by atoms with Crippen molar-refractivity contribution in [3.63, 3.8) is 0 Å². The highest BCUT2D eigenvalue weighted by molar-refractivity contribution is 5.26. The Morgan fingerprint density at radius 1 is 1.00 bits per heavy atom. The quantitative estimate of drug-likeness (QED) is 0.837. The van der Waals surface area contributed by atoms with Gasteiger partial charge in [-0.05, 0) is 44.1 Å². The van der Waals surface area contributed by atoms with Crippen LogP contribution in [0.15, 0.2) is 24.3 Å². The largest absolute Gasteiger partial charge is 0.393 e. The fourth-order valence-corrected chi connectivity index (χ4v) is 2.92. The molecule has 17 heavy (non-hydrogen) atoms. The molecule has 0 heterocycles. The third-order valence-corrected chi connectivity index (χ3v) is 4.27. The Bertz CT molecular complexity index is 374. The summed E-state index contributed by atoms with van der Waals surface area (Å²) in [6.45, 7) is 2.14. The summed E-state index contributed by atoms with van der Waals surface area (Å²) in [5.74, 6) is 0.748. The maximum atomic E-state index is 9.24. The van der Waals surface area contributed by atoms with Crippen molar-refractivity contribution in [2.24, 2.45) is 0 Å². The van der Waals surface area contributed by atoms with Crippen molar-refractivity contribution >= 4 is 0 Å². The Morgan fingerprint density at radius 2 is 1.59 bits per heavy atom. The van der Waals surface area contributed by atoms with Crippen LogP contribution in [-0.4, -0.2) is 23.3 Å². The van der Waals surface area contributed by atoms with E-state index in [1.807, 2.05) is 0 Å². The van der Waals surface area contributed by atoms with Crippen molar-refractivity contribution in [2.45, 2.75) is 56.7 Å². The second kappa shape index (κ2) is 4.43. The average Bonchev–Trinajstić information content (AvgIpc) is 2.21. The third-order valence-electron chi connectivity index (χ3n) is 4.27. The number of hydrogen-bond donors (Lipinski definition) is 2. The van der Waals surface area contributed by atoms with E-state index in [1.54, 1.807) is 0 Å². The van der Waals surface area contributed by atoms with Crippen molar-refractivity contribution in [2.75, 3.05) is 0 Å². The summed E-state index contributed by atoms with van der Waals surface area (Å²) >= 11 is 0. The minimum absolute atomic E-state index is 0.0412. The molecule has 0 unspecified atom stereocenters. The van der Waals surface area contributed by atoms with Gasteiger partial charge in [0.1, 0.15) is 0 Å². The van der Waals surface area contributed by atoms with Gasteiger partial charge in [0.15, 0.2) is 0 Å². The van der Waals surface area contributed by atoms with Crippen LogP contribution < -0.4 is 5.32 Å². The molecule has 2 fully saturated rings. The van der Waals surface area contributed by atoms with Crippen LogP contribution >= 0.6 is 0 Å². The van der Waals surface area contributed by atoms with E-state index in [0.29, 0.717) is 12.1 Å². The van der Waals surface area contributed by atoms with Crippen LogP contribution in [0.2, 0.25) is 0 Å². The lowest BCUT2D eigenvalue weighted by Gasteiger charge is -2.42. The smallest absolute Gasteiger partial charge is 0.0570 e. The van der Waals surface area contributed by atoms with E-state index in [9.17, 15) is 5.11 Å². The van der Waals surface area contributed by atoms with Gasteiger partial charge in [-0.25, -0.2) is 0 Å². The molecule has 0 spiro atoms. The molecule has 0 radical (unpaired) electrons. The maximum Gasteiger partial charge on any atom is 0.0570 e. The first-order valence-electron chi connectivity index (χ1n) is 6.71. The topological polar surface area (TPSA) is 32.3 Å². The minimum Gasteiger partial charge on any atom is -0.393 e. The number of rotatable bonds is 3. The van der Waals surface area contributed by atoms with Gasteiger partial charge < -0.3 is 10.4 Å². The lowest BCUT2D eigenvalue weighted by Crippen LogP contribution is -2.52. The molecule has 2 N–H and O–H groups in total. The van der Waals surface area contributed by atoms with Crippen molar-refractivity contribution in [3.05, 3.63) is 35.4 Å². The Hall–Kier alpha value is -0.860. The molecule has 2 nitrogen and oxygen atoms in total. The molecule has 1 aromatic carbocycles. The van der Waals surface area contributed by atoms with E-state index < -0.39 is 0 Å². The van der Waals surface area contributed by atoms with Gasteiger partial charge in [-0.15, -0.1) is 0 Å². The molecule has 0 bridgehead atoms. The lowest BCUT2D eigenvalue weighted by molar-refractivity contribution is 0.0506. The van der Waals surface area contributed by atoms with E-state index in [-0.39, 0.29) is 6.10 Å². The average molecular weight is 231 g/mol. The highest BCUT2D eigenvalue weighted by atomic mass is 16.3. The zero-order valence-corrected chi connectivity index (χ0v) is 10.4. The third kappa shape index (κ3) is 2.38. The van der Waals surface area contributed by atoms with Gasteiger partial charge in [-0.2, -0.15) is 0 Å². The van der Waals surface area contributed by atoms with Crippen LogP contribution in [0.1, 0.15) is 42.7 Å². The van der Waals surface area contributed by atoms with Gasteiger partial charge in [0.05, 0.1) is 6.10 Å². The molecular formula is C15H21NO. The first-order chi connectivity index (χ1) is 8.20. The first-order valence-corrected chi connectivity index (χ1v) is 6.71. The van der Waals surface area contributed by atoms with Crippen LogP contribution in [0.3, 0.4) is 0 Å². The van der Waals surface area contributed by atoms with Gasteiger partial charge in [0.2, 0.25) is 0 Å². The molecule has 92 valence electrons. The predicted molar refractivity (Wildman–Crippen MR) is 69.1 cm³/mol. The first kappa shape index (κ1) is 11.2. The fraction of sp³-hybridized carbons (Fsp3) is 0.600. The molecule has 2 aliphatic carbocycles. The van der Waals surface area contributed by atoms with Gasteiger partial charge in [0, 0.05) is 12.1 Å². The van der Waals surface area contributed by atoms with Gasteiger partial charge >= 0.3 is 0 Å². The Labute approximate surface area is 103 Å². The molecule has 3 rings (SSSR count). The van der Waals surface area contributed by atoms with E-state index >= 15 is 0 Å². The summed E-state index contributed by atoms with van der Waals surface area (Å²) in [6, 6.07) is 10.2. The van der Waals surface area contributed by atoms with E-state index in [1.165, 1.54) is 24.0 Å². The number of hydrogen-bond acceptors (Lipinski definition) is 2. The Balaban J connectivity index is 1.46. The van der Waals surface area contributed by atoms with Crippen LogP contribution in [0.5, 0.6) is 0 Å². The zero-order valence-electron chi connectivity index (χ0n) is 10.4. The summed E-state index contributed by atoms with van der Waals surface area (Å²) in [7, 11) is 0. The molecule has 1 aromatic rings. The molecule has 0 aliphatic heterocycles. The molecule has 0 atom stereocenters. The Kier molecular flexibility index (Phi) is 2.93. The van der Waals surface area contributed by atoms with Crippen LogP contribution in [-0.2, 0) is 0 Å².